The first-order valence-corrected chi connectivity index (χ1v) is 8.33. The number of nitro benzene ring substituents is 1. The van der Waals surface area contributed by atoms with E-state index < -0.39 is 16.7 Å². The molecule has 10 heteroatoms. The van der Waals surface area contributed by atoms with Crippen LogP contribution in [0.3, 0.4) is 0 Å². The smallest absolute Gasteiger partial charge is 0.293 e. The zero-order valence-electron chi connectivity index (χ0n) is 15.2. The normalized spacial score (nSPS) is 10.5. The maximum Gasteiger partial charge on any atom is 0.293 e. The number of anilines is 1. The molecular formula is C18H18N6O4. The Hall–Kier alpha value is -3.95. The van der Waals surface area contributed by atoms with Gasteiger partial charge in [-0.25, -0.2) is 4.98 Å². The molecule has 0 radical (unpaired) electrons. The molecule has 0 aliphatic heterocycles. The van der Waals surface area contributed by atoms with Crippen LogP contribution in [-0.2, 0) is 11.2 Å². The van der Waals surface area contributed by atoms with E-state index in [-0.39, 0.29) is 17.7 Å². The van der Waals surface area contributed by atoms with Crippen molar-refractivity contribution in [1.29, 1.82) is 0 Å². The summed E-state index contributed by atoms with van der Waals surface area (Å²) < 4.78 is 0. The Morgan fingerprint density at radius 1 is 1.18 bits per heavy atom. The Labute approximate surface area is 159 Å². The number of hydrogen-bond acceptors (Lipinski definition) is 6. The second-order valence-corrected chi connectivity index (χ2v) is 6.23. The van der Waals surface area contributed by atoms with Crippen LogP contribution in [0.25, 0.3) is 11.0 Å². The summed E-state index contributed by atoms with van der Waals surface area (Å²) >= 11 is 0. The van der Waals surface area contributed by atoms with E-state index in [1.165, 1.54) is 12.1 Å². The van der Waals surface area contributed by atoms with Gasteiger partial charge in [0.25, 0.3) is 11.6 Å². The van der Waals surface area contributed by atoms with Gasteiger partial charge in [0.15, 0.2) is 0 Å². The predicted octanol–water partition coefficient (Wildman–Crippen LogP) is 1.54. The molecule has 3 rings (SSSR count). The van der Waals surface area contributed by atoms with Crippen molar-refractivity contribution in [3.05, 3.63) is 64.0 Å². The molecule has 10 nitrogen and oxygen atoms in total. The lowest BCUT2D eigenvalue weighted by Gasteiger charge is -2.13. The number of aromatic amines is 1. The van der Waals surface area contributed by atoms with Crippen LogP contribution in [0.4, 0.5) is 11.4 Å². The summed E-state index contributed by atoms with van der Waals surface area (Å²) in [5.41, 5.74) is 6.30. The van der Waals surface area contributed by atoms with Crippen molar-refractivity contribution in [3.63, 3.8) is 0 Å². The number of hydrogen-bond donors (Lipinski definition) is 3. The number of benzene rings is 2. The molecule has 1 heterocycles. The van der Waals surface area contributed by atoms with Crippen LogP contribution < -0.4 is 15.8 Å². The number of amides is 2. The Morgan fingerprint density at radius 2 is 1.93 bits per heavy atom. The number of hydrazine groups is 1. The van der Waals surface area contributed by atoms with E-state index in [1.54, 1.807) is 19.0 Å². The predicted molar refractivity (Wildman–Crippen MR) is 103 cm³/mol. The number of imidazole rings is 1. The summed E-state index contributed by atoms with van der Waals surface area (Å²) in [4.78, 5) is 43.8. The molecule has 3 aromatic rings. The van der Waals surface area contributed by atoms with E-state index in [2.05, 4.69) is 20.8 Å². The lowest BCUT2D eigenvalue weighted by Crippen LogP contribution is -2.42. The molecule has 0 unspecified atom stereocenters. The molecule has 0 aliphatic carbocycles. The van der Waals surface area contributed by atoms with Gasteiger partial charge in [0, 0.05) is 25.7 Å². The van der Waals surface area contributed by atoms with Crippen molar-refractivity contribution in [2.75, 3.05) is 19.0 Å². The molecule has 2 amide bonds. The van der Waals surface area contributed by atoms with Gasteiger partial charge in [-0.1, -0.05) is 12.1 Å². The van der Waals surface area contributed by atoms with Gasteiger partial charge in [-0.3, -0.25) is 30.6 Å². The third-order valence-corrected chi connectivity index (χ3v) is 4.00. The first-order chi connectivity index (χ1) is 13.3. The Morgan fingerprint density at radius 3 is 2.61 bits per heavy atom. The molecule has 2 aromatic carbocycles. The third-order valence-electron chi connectivity index (χ3n) is 4.00. The highest BCUT2D eigenvalue weighted by Crippen LogP contribution is 2.27. The fourth-order valence-corrected chi connectivity index (χ4v) is 2.67. The maximum atomic E-state index is 12.2. The number of H-pyrrole nitrogens is 1. The zero-order chi connectivity index (χ0) is 20.3. The highest BCUT2D eigenvalue weighted by molar-refractivity contribution is 5.97. The van der Waals surface area contributed by atoms with Gasteiger partial charge in [-0.05, 0) is 24.3 Å². The third kappa shape index (κ3) is 4.06. The van der Waals surface area contributed by atoms with Gasteiger partial charge >= 0.3 is 0 Å². The second kappa shape index (κ2) is 7.74. The molecule has 0 fully saturated rings. The standard InChI is InChI=1S/C18H18N6O4/c1-23(2)14-8-7-11(9-15(14)24(27)28)18(26)22-21-17(25)10-16-19-12-5-3-4-6-13(12)20-16/h3-9H,10H2,1-2H3,(H,19,20)(H,21,25)(H,22,26). The number of carbonyl (C=O) groups excluding carboxylic acids is 2. The SMILES string of the molecule is CN(C)c1ccc(C(=O)NNC(=O)Cc2nc3ccccc3[nH]2)cc1[N+](=O)[O-]. The number of carbonyl (C=O) groups is 2. The minimum absolute atomic E-state index is 0.0568. The lowest BCUT2D eigenvalue weighted by molar-refractivity contribution is -0.384. The largest absolute Gasteiger partial charge is 0.372 e. The Balaban J connectivity index is 1.63. The van der Waals surface area contributed by atoms with Crippen molar-refractivity contribution < 1.29 is 14.5 Å². The van der Waals surface area contributed by atoms with Crippen LogP contribution >= 0.6 is 0 Å². The number of nitrogens with one attached hydrogen (secondary N) is 3. The van der Waals surface area contributed by atoms with E-state index in [1.807, 2.05) is 24.3 Å². The summed E-state index contributed by atoms with van der Waals surface area (Å²) in [7, 11) is 3.33. The average Bonchev–Trinajstić information content (AvgIpc) is 3.07. The molecule has 0 saturated heterocycles. The van der Waals surface area contributed by atoms with Crippen LogP contribution in [0.2, 0.25) is 0 Å². The van der Waals surface area contributed by atoms with E-state index in [0.717, 1.165) is 17.1 Å². The molecule has 0 aliphatic rings. The van der Waals surface area contributed by atoms with Gasteiger partial charge in [0.05, 0.1) is 22.4 Å². The highest BCUT2D eigenvalue weighted by Gasteiger charge is 2.19. The zero-order valence-corrected chi connectivity index (χ0v) is 15.2. The highest BCUT2D eigenvalue weighted by atomic mass is 16.6. The lowest BCUT2D eigenvalue weighted by atomic mass is 10.1. The minimum atomic E-state index is -0.661. The van der Waals surface area contributed by atoms with Gasteiger partial charge in [-0.15, -0.1) is 0 Å². The molecule has 144 valence electrons. The quantitative estimate of drug-likeness (QED) is 0.453. The van der Waals surface area contributed by atoms with Crippen molar-refractivity contribution in [2.24, 2.45) is 0 Å². The monoisotopic (exact) mass is 382 g/mol. The van der Waals surface area contributed by atoms with Crippen LogP contribution in [0.15, 0.2) is 42.5 Å². The number of nitro groups is 1. The number of aromatic nitrogens is 2. The van der Waals surface area contributed by atoms with Gasteiger partial charge in [-0.2, -0.15) is 0 Å². The number of nitrogens with zero attached hydrogens (tertiary/aromatic N) is 3. The Kier molecular flexibility index (Phi) is 5.21. The fourth-order valence-electron chi connectivity index (χ4n) is 2.67. The van der Waals surface area contributed by atoms with E-state index in [9.17, 15) is 19.7 Å². The summed E-state index contributed by atoms with van der Waals surface area (Å²) in [6.07, 6.45) is -0.0608. The summed E-state index contributed by atoms with van der Waals surface area (Å²) in [6, 6.07) is 11.4. The molecule has 0 saturated carbocycles. The maximum absolute atomic E-state index is 12.2. The molecular weight excluding hydrogens is 364 g/mol. The van der Waals surface area contributed by atoms with Gasteiger partial charge in [0.2, 0.25) is 5.91 Å². The molecule has 0 bridgehead atoms. The van der Waals surface area contributed by atoms with Crippen LogP contribution in [0, 0.1) is 10.1 Å². The summed E-state index contributed by atoms with van der Waals surface area (Å²) in [5.74, 6) is -0.683. The van der Waals surface area contributed by atoms with Crippen LogP contribution in [0.1, 0.15) is 16.2 Å². The topological polar surface area (TPSA) is 133 Å². The minimum Gasteiger partial charge on any atom is -0.372 e. The summed E-state index contributed by atoms with van der Waals surface area (Å²) in [6.45, 7) is 0. The van der Waals surface area contributed by atoms with Gasteiger partial charge in [0.1, 0.15) is 11.5 Å². The van der Waals surface area contributed by atoms with E-state index >= 15 is 0 Å². The molecule has 28 heavy (non-hydrogen) atoms. The van der Waals surface area contributed by atoms with Crippen molar-refractivity contribution in [2.45, 2.75) is 6.42 Å². The number of para-hydroxylation sites is 2. The average molecular weight is 382 g/mol. The van der Waals surface area contributed by atoms with Gasteiger partial charge < -0.3 is 9.88 Å². The Bertz CT molecular complexity index is 1030. The molecule has 1 aromatic heterocycles. The van der Waals surface area contributed by atoms with Crippen molar-refractivity contribution in [3.8, 4) is 0 Å². The van der Waals surface area contributed by atoms with Crippen molar-refractivity contribution in [1.82, 2.24) is 20.8 Å². The molecule has 0 spiro atoms. The van der Waals surface area contributed by atoms with Crippen LogP contribution in [0.5, 0.6) is 0 Å². The second-order valence-electron chi connectivity index (χ2n) is 6.23. The summed E-state index contributed by atoms with van der Waals surface area (Å²) in [5, 5.41) is 11.2. The molecule has 0 atom stereocenters. The van der Waals surface area contributed by atoms with Crippen molar-refractivity contribution >= 4 is 34.2 Å². The number of rotatable bonds is 5. The molecule has 3 N–H and O–H groups in total. The number of fused-ring (bicyclic) bond motifs is 1. The fraction of sp³-hybridized carbons (Fsp3) is 0.167. The first-order valence-electron chi connectivity index (χ1n) is 8.33. The van der Waals surface area contributed by atoms with Crippen LogP contribution in [-0.4, -0.2) is 40.8 Å². The van der Waals surface area contributed by atoms with E-state index in [4.69, 9.17) is 0 Å². The first kappa shape index (κ1) is 18.8. The van der Waals surface area contributed by atoms with E-state index in [0.29, 0.717) is 11.5 Å².